The molecule has 2 aliphatic rings. The Labute approximate surface area is 109 Å². The highest BCUT2D eigenvalue weighted by Crippen LogP contribution is 2.29. The predicted octanol–water partition coefficient (Wildman–Crippen LogP) is 1.28. The Morgan fingerprint density at radius 1 is 1.06 bits per heavy atom. The van der Waals surface area contributed by atoms with Crippen molar-refractivity contribution in [3.63, 3.8) is 0 Å². The van der Waals surface area contributed by atoms with Crippen LogP contribution in [0.15, 0.2) is 12.2 Å². The third-order valence-electron chi connectivity index (χ3n) is 3.93. The van der Waals surface area contributed by atoms with Gasteiger partial charge in [0.1, 0.15) is 0 Å². The van der Waals surface area contributed by atoms with Crippen LogP contribution in [0.4, 0.5) is 0 Å². The highest BCUT2D eigenvalue weighted by atomic mass is 16.2. The van der Waals surface area contributed by atoms with E-state index in [2.05, 4.69) is 0 Å². The van der Waals surface area contributed by atoms with Gasteiger partial charge in [-0.1, -0.05) is 12.2 Å². The molecule has 2 atom stereocenters. The molecule has 1 heterocycles. The topological polar surface area (TPSA) is 40.6 Å². The molecule has 1 saturated heterocycles. The van der Waals surface area contributed by atoms with E-state index < -0.39 is 0 Å². The largest absolute Gasteiger partial charge is 0.349 e. The minimum absolute atomic E-state index is 0.0805. The third kappa shape index (κ3) is 2.57. The van der Waals surface area contributed by atoms with E-state index in [1.54, 1.807) is 19.0 Å². The zero-order chi connectivity index (χ0) is 13.1. The van der Waals surface area contributed by atoms with E-state index in [9.17, 15) is 9.59 Å². The van der Waals surface area contributed by atoms with Gasteiger partial charge in [-0.25, -0.2) is 0 Å². The average Bonchev–Trinajstić information content (AvgIpc) is 2.90. The van der Waals surface area contributed by atoms with Crippen LogP contribution in [0.1, 0.15) is 25.7 Å². The first-order chi connectivity index (χ1) is 8.61. The maximum absolute atomic E-state index is 12.5. The second-order valence-corrected chi connectivity index (χ2v) is 5.42. The molecule has 0 aromatic carbocycles. The average molecular weight is 250 g/mol. The molecule has 0 aromatic heterocycles. The van der Waals surface area contributed by atoms with Crippen LogP contribution in [0.5, 0.6) is 0 Å². The number of likely N-dealkylation sites (tertiary alicyclic amines) is 1. The molecule has 4 heteroatoms. The molecule has 2 rings (SSSR count). The molecule has 1 aliphatic carbocycles. The zero-order valence-corrected chi connectivity index (χ0v) is 11.3. The number of rotatable bonds is 2. The van der Waals surface area contributed by atoms with Gasteiger partial charge < -0.3 is 9.80 Å². The first-order valence-corrected chi connectivity index (χ1v) is 6.76. The van der Waals surface area contributed by atoms with E-state index in [-0.39, 0.29) is 23.7 Å². The van der Waals surface area contributed by atoms with Gasteiger partial charge in [-0.3, -0.25) is 9.59 Å². The van der Waals surface area contributed by atoms with Crippen molar-refractivity contribution in [1.29, 1.82) is 0 Å². The number of hydrogen-bond acceptors (Lipinski definition) is 2. The molecule has 0 bridgehead atoms. The van der Waals surface area contributed by atoms with Crippen LogP contribution in [0.3, 0.4) is 0 Å². The van der Waals surface area contributed by atoms with Gasteiger partial charge in [0.15, 0.2) is 0 Å². The Morgan fingerprint density at radius 2 is 1.61 bits per heavy atom. The van der Waals surface area contributed by atoms with E-state index >= 15 is 0 Å². The monoisotopic (exact) mass is 250 g/mol. The Kier molecular flexibility index (Phi) is 4.04. The quantitative estimate of drug-likeness (QED) is 0.693. The van der Waals surface area contributed by atoms with Crippen molar-refractivity contribution in [2.75, 3.05) is 27.2 Å². The molecule has 2 amide bonds. The van der Waals surface area contributed by atoms with Crippen molar-refractivity contribution < 1.29 is 9.59 Å². The minimum atomic E-state index is -0.168. The standard InChI is InChI=1S/C14H22N2O2/c1-15(2)13(17)11-7-3-4-8-12(11)14(18)16-9-5-6-10-16/h3-4,11-12H,5-10H2,1-2H3. The molecule has 0 saturated carbocycles. The van der Waals surface area contributed by atoms with Crippen molar-refractivity contribution >= 4 is 11.8 Å². The lowest BCUT2D eigenvalue weighted by Gasteiger charge is -2.31. The summed E-state index contributed by atoms with van der Waals surface area (Å²) in [6.07, 6.45) is 7.67. The number of amides is 2. The molecule has 1 fully saturated rings. The van der Waals surface area contributed by atoms with Crippen LogP contribution in [0, 0.1) is 11.8 Å². The van der Waals surface area contributed by atoms with Gasteiger partial charge in [0.05, 0.1) is 11.8 Å². The molecular formula is C14H22N2O2. The maximum atomic E-state index is 12.5. The lowest BCUT2D eigenvalue weighted by molar-refractivity contribution is -0.144. The Balaban J connectivity index is 2.10. The minimum Gasteiger partial charge on any atom is -0.349 e. The fourth-order valence-corrected chi connectivity index (χ4v) is 2.86. The second-order valence-electron chi connectivity index (χ2n) is 5.42. The molecule has 4 nitrogen and oxygen atoms in total. The lowest BCUT2D eigenvalue weighted by Crippen LogP contribution is -2.43. The molecule has 100 valence electrons. The van der Waals surface area contributed by atoms with Crippen LogP contribution in [-0.4, -0.2) is 48.8 Å². The summed E-state index contributed by atoms with van der Waals surface area (Å²) in [5, 5.41) is 0. The number of carbonyl (C=O) groups excluding carboxylic acids is 2. The highest BCUT2D eigenvalue weighted by molar-refractivity contribution is 5.88. The molecule has 0 spiro atoms. The van der Waals surface area contributed by atoms with Gasteiger partial charge in [-0.2, -0.15) is 0 Å². The van der Waals surface area contributed by atoms with E-state index in [0.29, 0.717) is 12.8 Å². The van der Waals surface area contributed by atoms with Crippen LogP contribution in [0.2, 0.25) is 0 Å². The molecule has 2 unspecified atom stereocenters. The van der Waals surface area contributed by atoms with Gasteiger partial charge in [0.2, 0.25) is 11.8 Å². The first-order valence-electron chi connectivity index (χ1n) is 6.76. The maximum Gasteiger partial charge on any atom is 0.226 e. The SMILES string of the molecule is CN(C)C(=O)C1CC=CCC1C(=O)N1CCCC1. The first kappa shape index (κ1) is 13.1. The zero-order valence-electron chi connectivity index (χ0n) is 11.3. The van der Waals surface area contributed by atoms with Gasteiger partial charge in [-0.15, -0.1) is 0 Å². The van der Waals surface area contributed by atoms with Crippen molar-refractivity contribution in [3.05, 3.63) is 12.2 Å². The molecule has 0 N–H and O–H groups in total. The highest BCUT2D eigenvalue weighted by Gasteiger charge is 2.37. The molecule has 0 aromatic rings. The third-order valence-corrected chi connectivity index (χ3v) is 3.93. The predicted molar refractivity (Wildman–Crippen MR) is 69.9 cm³/mol. The van der Waals surface area contributed by atoms with E-state index in [1.807, 2.05) is 17.1 Å². The normalized spacial score (nSPS) is 27.3. The van der Waals surface area contributed by atoms with Crippen molar-refractivity contribution in [1.82, 2.24) is 9.80 Å². The summed E-state index contributed by atoms with van der Waals surface area (Å²) in [6, 6.07) is 0. The van der Waals surface area contributed by atoms with Crippen LogP contribution in [-0.2, 0) is 9.59 Å². The van der Waals surface area contributed by atoms with Crippen LogP contribution >= 0.6 is 0 Å². The van der Waals surface area contributed by atoms with Crippen molar-refractivity contribution in [3.8, 4) is 0 Å². The summed E-state index contributed by atoms with van der Waals surface area (Å²) >= 11 is 0. The Bertz CT molecular complexity index is 357. The van der Waals surface area contributed by atoms with E-state index in [0.717, 1.165) is 25.9 Å². The number of nitrogens with zero attached hydrogens (tertiary/aromatic N) is 2. The van der Waals surface area contributed by atoms with Gasteiger partial charge in [0, 0.05) is 27.2 Å². The van der Waals surface area contributed by atoms with Crippen molar-refractivity contribution in [2.24, 2.45) is 11.8 Å². The van der Waals surface area contributed by atoms with Gasteiger partial charge in [-0.05, 0) is 25.7 Å². The van der Waals surface area contributed by atoms with Gasteiger partial charge in [0.25, 0.3) is 0 Å². The van der Waals surface area contributed by atoms with E-state index in [1.165, 1.54) is 0 Å². The van der Waals surface area contributed by atoms with Crippen LogP contribution < -0.4 is 0 Å². The summed E-state index contributed by atoms with van der Waals surface area (Å²) < 4.78 is 0. The second kappa shape index (κ2) is 5.55. The number of allylic oxidation sites excluding steroid dienone is 2. The number of carbonyl (C=O) groups is 2. The molecular weight excluding hydrogens is 228 g/mol. The lowest BCUT2D eigenvalue weighted by atomic mass is 9.81. The fraction of sp³-hybridized carbons (Fsp3) is 0.714. The Hall–Kier alpha value is -1.32. The van der Waals surface area contributed by atoms with Gasteiger partial charge >= 0.3 is 0 Å². The Morgan fingerprint density at radius 3 is 2.17 bits per heavy atom. The van der Waals surface area contributed by atoms with Crippen molar-refractivity contribution in [2.45, 2.75) is 25.7 Å². The molecule has 0 radical (unpaired) electrons. The molecule has 18 heavy (non-hydrogen) atoms. The molecule has 1 aliphatic heterocycles. The van der Waals surface area contributed by atoms with E-state index in [4.69, 9.17) is 0 Å². The fourth-order valence-electron chi connectivity index (χ4n) is 2.86. The summed E-state index contributed by atoms with van der Waals surface area (Å²) in [7, 11) is 3.52. The summed E-state index contributed by atoms with van der Waals surface area (Å²) in [4.78, 5) is 28.1. The smallest absolute Gasteiger partial charge is 0.226 e. The summed E-state index contributed by atoms with van der Waals surface area (Å²) in [6.45, 7) is 1.73. The van der Waals surface area contributed by atoms with Crippen LogP contribution in [0.25, 0.3) is 0 Å². The number of hydrogen-bond donors (Lipinski definition) is 0. The summed E-state index contributed by atoms with van der Waals surface area (Å²) in [5.74, 6) is -0.0601. The summed E-state index contributed by atoms with van der Waals surface area (Å²) in [5.41, 5.74) is 0.